The van der Waals surface area contributed by atoms with E-state index in [4.69, 9.17) is 26.3 Å². The van der Waals surface area contributed by atoms with Crippen molar-refractivity contribution in [3.63, 3.8) is 0 Å². The Morgan fingerprint density at radius 3 is 2.44 bits per heavy atom. The molecule has 0 unspecified atom stereocenters. The maximum absolute atomic E-state index is 6.44. The molecular weight excluding hydrogens is 422 g/mol. The number of fused-ring (bicyclic) bond motifs is 1. The number of anilines is 2. The second kappa shape index (κ2) is 9.67. The second-order valence-corrected chi connectivity index (χ2v) is 8.95. The van der Waals surface area contributed by atoms with E-state index in [-0.39, 0.29) is 0 Å². The average Bonchev–Trinajstić information content (AvgIpc) is 3.18. The Kier molecular flexibility index (Phi) is 6.72. The molecule has 0 amide bonds. The van der Waals surface area contributed by atoms with E-state index in [0.717, 1.165) is 16.8 Å². The van der Waals surface area contributed by atoms with Crippen molar-refractivity contribution in [1.29, 1.82) is 0 Å². The van der Waals surface area contributed by atoms with Crippen LogP contribution in [0.5, 0.6) is 0 Å². The van der Waals surface area contributed by atoms with Crippen LogP contribution in [0.15, 0.2) is 54.7 Å². The van der Waals surface area contributed by atoms with Crippen LogP contribution in [-0.4, -0.2) is 26.4 Å². The summed E-state index contributed by atoms with van der Waals surface area (Å²) in [5.41, 5.74) is 3.69. The molecule has 0 saturated heterocycles. The third-order valence-electron chi connectivity index (χ3n) is 5.08. The van der Waals surface area contributed by atoms with Crippen molar-refractivity contribution < 1.29 is 4.74 Å². The Morgan fingerprint density at radius 2 is 1.75 bits per heavy atom. The number of hydrogen-bond donors (Lipinski definition) is 1. The van der Waals surface area contributed by atoms with Crippen molar-refractivity contribution in [2.24, 2.45) is 5.92 Å². The van der Waals surface area contributed by atoms with Crippen LogP contribution in [0.25, 0.3) is 16.7 Å². The van der Waals surface area contributed by atoms with Crippen LogP contribution in [-0.2, 0) is 11.3 Å². The quantitative estimate of drug-likeness (QED) is 0.332. The maximum atomic E-state index is 6.44. The van der Waals surface area contributed by atoms with Gasteiger partial charge in [0, 0.05) is 12.3 Å². The van der Waals surface area contributed by atoms with Gasteiger partial charge in [0.2, 0.25) is 0 Å². The minimum absolute atomic E-state index is 0.322. The first kappa shape index (κ1) is 22.2. The topological polar surface area (TPSA) is 64.9 Å². The van der Waals surface area contributed by atoms with E-state index in [1.807, 2.05) is 24.3 Å². The summed E-state index contributed by atoms with van der Waals surface area (Å²) in [5.74, 6) is 2.19. The molecule has 0 radical (unpaired) electrons. The van der Waals surface area contributed by atoms with Crippen LogP contribution >= 0.6 is 11.6 Å². The third kappa shape index (κ3) is 4.92. The Morgan fingerprint density at radius 1 is 1.00 bits per heavy atom. The van der Waals surface area contributed by atoms with Crippen molar-refractivity contribution in [2.75, 3.05) is 11.9 Å². The van der Waals surface area contributed by atoms with Gasteiger partial charge in [-0.1, -0.05) is 63.6 Å². The summed E-state index contributed by atoms with van der Waals surface area (Å²) in [7, 11) is 0. The van der Waals surface area contributed by atoms with Crippen LogP contribution in [0, 0.1) is 5.92 Å². The Balaban J connectivity index is 1.75. The fraction of sp³-hybridized carbons (Fsp3) is 0.320. The molecule has 0 aliphatic carbocycles. The molecule has 0 saturated carbocycles. The summed E-state index contributed by atoms with van der Waals surface area (Å²) in [6, 6.07) is 16.0. The lowest BCUT2D eigenvalue weighted by molar-refractivity contribution is 0.0925. The van der Waals surface area contributed by atoms with E-state index in [1.54, 1.807) is 10.9 Å². The summed E-state index contributed by atoms with van der Waals surface area (Å²) < 4.78 is 7.56. The lowest BCUT2D eigenvalue weighted by Gasteiger charge is -2.12. The van der Waals surface area contributed by atoms with Gasteiger partial charge in [0.1, 0.15) is 12.4 Å². The van der Waals surface area contributed by atoms with E-state index in [0.29, 0.717) is 47.4 Å². The fourth-order valence-corrected chi connectivity index (χ4v) is 3.60. The minimum atomic E-state index is 0.322. The number of nitrogens with one attached hydrogen (secondary N) is 1. The largest absolute Gasteiger partial charge is 0.373 e. The second-order valence-electron chi connectivity index (χ2n) is 8.54. The fourth-order valence-electron chi connectivity index (χ4n) is 3.39. The van der Waals surface area contributed by atoms with E-state index in [2.05, 4.69) is 62.4 Å². The van der Waals surface area contributed by atoms with Crippen molar-refractivity contribution in [3.05, 3.63) is 71.1 Å². The normalized spacial score (nSPS) is 11.6. The molecule has 6 nitrogen and oxygen atoms in total. The molecule has 4 aromatic rings. The molecule has 32 heavy (non-hydrogen) atoms. The molecule has 7 heteroatoms. The zero-order chi connectivity index (χ0) is 22.7. The van der Waals surface area contributed by atoms with Gasteiger partial charge in [-0.15, -0.1) is 0 Å². The standard InChI is InChI=1S/C25H28ClN5O/c1-16(2)14-32-15-23-29-24(28-19-11-9-18(10-12-19)17(3)4)20-13-27-31(25(20)30-23)22-8-6-5-7-21(22)26/h5-13,16-17H,14-15H2,1-4H3,(H,28,29,30). The van der Waals surface area contributed by atoms with Gasteiger partial charge in [-0.3, -0.25) is 0 Å². The van der Waals surface area contributed by atoms with Crippen molar-refractivity contribution in [2.45, 2.75) is 40.2 Å². The number of para-hydroxylation sites is 1. The number of aromatic nitrogens is 4. The molecule has 0 atom stereocenters. The van der Waals surface area contributed by atoms with Crippen LogP contribution in [0.4, 0.5) is 11.5 Å². The molecule has 0 spiro atoms. The molecule has 0 aliphatic rings. The predicted molar refractivity (Wildman–Crippen MR) is 130 cm³/mol. The van der Waals surface area contributed by atoms with Gasteiger partial charge in [-0.2, -0.15) is 5.10 Å². The highest BCUT2D eigenvalue weighted by Crippen LogP contribution is 2.29. The lowest BCUT2D eigenvalue weighted by atomic mass is 10.0. The van der Waals surface area contributed by atoms with Gasteiger partial charge in [0.15, 0.2) is 11.5 Å². The van der Waals surface area contributed by atoms with Crippen LogP contribution in [0.3, 0.4) is 0 Å². The first-order valence-corrected chi connectivity index (χ1v) is 11.2. The van der Waals surface area contributed by atoms with Gasteiger partial charge >= 0.3 is 0 Å². The molecule has 166 valence electrons. The number of halogens is 1. The summed E-state index contributed by atoms with van der Waals surface area (Å²) in [6.45, 7) is 9.56. The van der Waals surface area contributed by atoms with Crippen LogP contribution in [0.1, 0.15) is 45.0 Å². The molecule has 2 heterocycles. The first-order chi connectivity index (χ1) is 15.4. The number of rotatable bonds is 8. The average molecular weight is 450 g/mol. The number of hydrogen-bond acceptors (Lipinski definition) is 5. The van der Waals surface area contributed by atoms with Gasteiger partial charge in [-0.25, -0.2) is 14.6 Å². The van der Waals surface area contributed by atoms with E-state index in [9.17, 15) is 0 Å². The Bertz CT molecular complexity index is 1200. The van der Waals surface area contributed by atoms with Gasteiger partial charge in [0.05, 0.1) is 22.3 Å². The number of benzene rings is 2. The summed E-state index contributed by atoms with van der Waals surface area (Å²) >= 11 is 6.44. The van der Waals surface area contributed by atoms with Gasteiger partial charge in [0.25, 0.3) is 0 Å². The SMILES string of the molecule is CC(C)COCc1nc(Nc2ccc(C(C)C)cc2)c2cnn(-c3ccccc3Cl)c2n1. The van der Waals surface area contributed by atoms with Crippen LogP contribution in [0.2, 0.25) is 5.02 Å². The van der Waals surface area contributed by atoms with E-state index >= 15 is 0 Å². The Hall–Kier alpha value is -2.96. The first-order valence-electron chi connectivity index (χ1n) is 10.9. The smallest absolute Gasteiger partial charge is 0.168 e. The summed E-state index contributed by atoms with van der Waals surface area (Å²) in [5, 5.41) is 9.42. The highest BCUT2D eigenvalue weighted by molar-refractivity contribution is 6.32. The Labute approximate surface area is 193 Å². The monoisotopic (exact) mass is 449 g/mol. The predicted octanol–water partition coefficient (Wildman–Crippen LogP) is 6.51. The molecule has 0 aliphatic heterocycles. The lowest BCUT2D eigenvalue weighted by Crippen LogP contribution is -2.08. The van der Waals surface area contributed by atoms with Gasteiger partial charge < -0.3 is 10.1 Å². The zero-order valence-corrected chi connectivity index (χ0v) is 19.6. The number of ether oxygens (including phenoxy) is 1. The van der Waals surface area contributed by atoms with Crippen molar-refractivity contribution in [3.8, 4) is 5.69 Å². The van der Waals surface area contributed by atoms with Crippen molar-refractivity contribution in [1.82, 2.24) is 19.7 Å². The van der Waals surface area contributed by atoms with E-state index < -0.39 is 0 Å². The third-order valence-corrected chi connectivity index (χ3v) is 5.40. The molecule has 1 N–H and O–H groups in total. The number of nitrogens with zero attached hydrogens (tertiary/aromatic N) is 4. The molecular formula is C25H28ClN5O. The van der Waals surface area contributed by atoms with Crippen molar-refractivity contribution >= 4 is 34.1 Å². The summed E-state index contributed by atoms with van der Waals surface area (Å²) in [6.07, 6.45) is 1.77. The van der Waals surface area contributed by atoms with E-state index in [1.165, 1.54) is 5.56 Å². The molecule has 2 aromatic heterocycles. The highest BCUT2D eigenvalue weighted by Gasteiger charge is 2.16. The minimum Gasteiger partial charge on any atom is -0.373 e. The van der Waals surface area contributed by atoms with Gasteiger partial charge in [-0.05, 0) is 41.7 Å². The summed E-state index contributed by atoms with van der Waals surface area (Å²) in [4.78, 5) is 9.50. The molecule has 0 fully saturated rings. The highest BCUT2D eigenvalue weighted by atomic mass is 35.5. The zero-order valence-electron chi connectivity index (χ0n) is 18.8. The maximum Gasteiger partial charge on any atom is 0.168 e. The van der Waals surface area contributed by atoms with Crippen LogP contribution < -0.4 is 5.32 Å². The molecule has 2 aromatic carbocycles. The molecule has 0 bridgehead atoms. The molecule has 4 rings (SSSR count).